The molecule has 0 aliphatic heterocycles. The van der Waals surface area contributed by atoms with Crippen molar-refractivity contribution in [3.63, 3.8) is 0 Å². The summed E-state index contributed by atoms with van der Waals surface area (Å²) in [5.74, 6) is -0.0575. The molecule has 4 N–H and O–H groups in total. The van der Waals surface area contributed by atoms with E-state index in [1.165, 1.54) is 24.4 Å². The number of carbonyl (C=O) groups is 1. The topological polar surface area (TPSA) is 118 Å². The van der Waals surface area contributed by atoms with E-state index in [1.54, 1.807) is 13.8 Å². The van der Waals surface area contributed by atoms with Crippen molar-refractivity contribution < 1.29 is 13.2 Å². The minimum Gasteiger partial charge on any atom is -0.366 e. The third-order valence-corrected chi connectivity index (χ3v) is 4.00. The Morgan fingerprint density at radius 3 is 2.55 bits per heavy atom. The number of nitrogens with one attached hydrogen (secondary N) is 2. The number of nitrogens with zero attached hydrogens (tertiary/aromatic N) is 1. The number of amides is 1. The molecule has 0 bridgehead atoms. The van der Waals surface area contributed by atoms with Gasteiger partial charge in [-0.25, -0.2) is 4.98 Å². The number of benzene rings is 1. The van der Waals surface area contributed by atoms with Gasteiger partial charge in [-0.15, -0.1) is 0 Å². The fourth-order valence-corrected chi connectivity index (χ4v) is 2.77. The average molecular weight is 294 g/mol. The molecule has 0 aliphatic carbocycles. The van der Waals surface area contributed by atoms with Crippen LogP contribution >= 0.6 is 0 Å². The summed E-state index contributed by atoms with van der Waals surface area (Å²) < 4.78 is 26.7. The quantitative estimate of drug-likeness (QED) is 0.777. The van der Waals surface area contributed by atoms with Crippen LogP contribution in [0.25, 0.3) is 0 Å². The molecule has 1 amide bonds. The van der Waals surface area contributed by atoms with Crippen LogP contribution < -0.4 is 10.5 Å². The highest BCUT2D eigenvalue weighted by molar-refractivity contribution is 7.92. The summed E-state index contributed by atoms with van der Waals surface area (Å²) >= 11 is 0. The van der Waals surface area contributed by atoms with Crippen molar-refractivity contribution in [3.05, 3.63) is 41.3 Å². The highest BCUT2D eigenvalue weighted by Crippen LogP contribution is 2.20. The highest BCUT2D eigenvalue weighted by Gasteiger charge is 2.17. The fraction of sp³-hybridized carbons (Fsp3) is 0.167. The van der Waals surface area contributed by atoms with E-state index < -0.39 is 15.9 Å². The fourth-order valence-electron chi connectivity index (χ4n) is 1.67. The first-order valence-electron chi connectivity index (χ1n) is 5.74. The number of imidazole rings is 1. The average Bonchev–Trinajstić information content (AvgIpc) is 2.79. The van der Waals surface area contributed by atoms with Gasteiger partial charge in [0.1, 0.15) is 5.82 Å². The predicted molar refractivity (Wildman–Crippen MR) is 73.8 cm³/mol. The molecule has 106 valence electrons. The van der Waals surface area contributed by atoms with Crippen LogP contribution in [0.15, 0.2) is 29.4 Å². The Bertz CT molecular complexity index is 765. The van der Waals surface area contributed by atoms with Crippen molar-refractivity contribution in [1.29, 1.82) is 0 Å². The summed E-state index contributed by atoms with van der Waals surface area (Å²) in [5, 5.41) is -0.0200. The molecular weight excluding hydrogens is 280 g/mol. The Balaban J connectivity index is 2.32. The summed E-state index contributed by atoms with van der Waals surface area (Å²) in [5.41, 5.74) is 6.46. The van der Waals surface area contributed by atoms with Gasteiger partial charge in [0.25, 0.3) is 10.0 Å². The Morgan fingerprint density at radius 1 is 1.35 bits per heavy atom. The van der Waals surface area contributed by atoms with Crippen LogP contribution in [0.2, 0.25) is 0 Å². The van der Waals surface area contributed by atoms with Crippen LogP contribution in [-0.4, -0.2) is 24.3 Å². The van der Waals surface area contributed by atoms with Crippen LogP contribution in [0.3, 0.4) is 0 Å². The van der Waals surface area contributed by atoms with E-state index in [1.807, 2.05) is 0 Å². The minimum absolute atomic E-state index is 0.0200. The molecule has 1 heterocycles. The zero-order valence-corrected chi connectivity index (χ0v) is 11.8. The lowest BCUT2D eigenvalue weighted by Crippen LogP contribution is -2.15. The Morgan fingerprint density at radius 2 is 2.05 bits per heavy atom. The molecule has 8 heteroatoms. The molecule has 1 aromatic carbocycles. The molecule has 0 unspecified atom stereocenters. The third-order valence-electron chi connectivity index (χ3n) is 2.72. The molecule has 0 atom stereocenters. The lowest BCUT2D eigenvalue weighted by atomic mass is 10.1. The molecule has 0 saturated heterocycles. The molecule has 0 aliphatic rings. The van der Waals surface area contributed by atoms with E-state index in [9.17, 15) is 13.2 Å². The second-order valence-corrected chi connectivity index (χ2v) is 5.98. The van der Waals surface area contributed by atoms with Gasteiger partial charge in [0.2, 0.25) is 5.91 Å². The van der Waals surface area contributed by atoms with Crippen LogP contribution in [0, 0.1) is 13.8 Å². The summed E-state index contributed by atoms with van der Waals surface area (Å²) in [7, 11) is -3.73. The number of aromatic amines is 1. The monoisotopic (exact) mass is 294 g/mol. The van der Waals surface area contributed by atoms with Gasteiger partial charge in [0, 0.05) is 5.56 Å². The van der Waals surface area contributed by atoms with Gasteiger partial charge in [-0.3, -0.25) is 9.52 Å². The van der Waals surface area contributed by atoms with Crippen molar-refractivity contribution in [2.75, 3.05) is 4.72 Å². The number of sulfonamides is 1. The second-order valence-electron chi connectivity index (χ2n) is 4.33. The largest absolute Gasteiger partial charge is 0.366 e. The molecule has 0 saturated carbocycles. The van der Waals surface area contributed by atoms with Crippen LogP contribution in [0.5, 0.6) is 0 Å². The first-order valence-corrected chi connectivity index (χ1v) is 7.23. The molecule has 0 spiro atoms. The van der Waals surface area contributed by atoms with E-state index in [0.717, 1.165) is 0 Å². The van der Waals surface area contributed by atoms with Crippen molar-refractivity contribution in [3.8, 4) is 0 Å². The van der Waals surface area contributed by atoms with Gasteiger partial charge in [-0.1, -0.05) is 0 Å². The van der Waals surface area contributed by atoms with Crippen molar-refractivity contribution in [1.82, 2.24) is 9.97 Å². The maximum atomic E-state index is 12.1. The lowest BCUT2D eigenvalue weighted by molar-refractivity contribution is 0.1000. The molecule has 0 radical (unpaired) electrons. The number of aryl methyl sites for hydroxylation is 2. The summed E-state index contributed by atoms with van der Waals surface area (Å²) in [6.45, 7) is 3.34. The molecule has 0 fully saturated rings. The summed E-state index contributed by atoms with van der Waals surface area (Å²) in [4.78, 5) is 17.5. The third kappa shape index (κ3) is 2.80. The van der Waals surface area contributed by atoms with Crippen LogP contribution in [-0.2, 0) is 10.0 Å². The molecule has 2 aromatic rings. The molecule has 2 rings (SSSR count). The van der Waals surface area contributed by atoms with Crippen molar-refractivity contribution in [2.24, 2.45) is 5.73 Å². The number of nitrogens with two attached hydrogens (primary N) is 1. The van der Waals surface area contributed by atoms with Gasteiger partial charge < -0.3 is 10.7 Å². The van der Waals surface area contributed by atoms with Gasteiger partial charge in [0.05, 0.1) is 11.9 Å². The second kappa shape index (κ2) is 4.97. The summed E-state index contributed by atoms with van der Waals surface area (Å²) in [6.07, 6.45) is 1.24. The van der Waals surface area contributed by atoms with E-state index in [4.69, 9.17) is 5.73 Å². The first-order chi connectivity index (χ1) is 9.29. The van der Waals surface area contributed by atoms with Crippen LogP contribution in [0.1, 0.15) is 21.7 Å². The number of carbonyl (C=O) groups excluding carboxylic acids is 1. The number of hydrogen-bond donors (Lipinski definition) is 3. The Kier molecular flexibility index (Phi) is 3.49. The maximum Gasteiger partial charge on any atom is 0.278 e. The highest BCUT2D eigenvalue weighted by atomic mass is 32.2. The zero-order chi connectivity index (χ0) is 14.9. The number of primary amides is 1. The zero-order valence-electron chi connectivity index (χ0n) is 11.0. The Labute approximate surface area is 116 Å². The number of aromatic nitrogens is 2. The number of H-pyrrole nitrogens is 1. The maximum absolute atomic E-state index is 12.1. The minimum atomic E-state index is -3.73. The van der Waals surface area contributed by atoms with E-state index >= 15 is 0 Å². The van der Waals surface area contributed by atoms with E-state index in [0.29, 0.717) is 22.6 Å². The Hall–Kier alpha value is -2.35. The van der Waals surface area contributed by atoms with Gasteiger partial charge in [-0.05, 0) is 37.6 Å². The van der Waals surface area contributed by atoms with Crippen LogP contribution in [0.4, 0.5) is 5.69 Å². The number of rotatable bonds is 4. The molecule has 20 heavy (non-hydrogen) atoms. The lowest BCUT2D eigenvalue weighted by Gasteiger charge is -2.10. The first kappa shape index (κ1) is 14.1. The summed E-state index contributed by atoms with van der Waals surface area (Å²) in [6, 6.07) is 4.49. The normalized spacial score (nSPS) is 11.3. The van der Waals surface area contributed by atoms with Gasteiger partial charge in [-0.2, -0.15) is 8.42 Å². The predicted octanol–water partition coefficient (Wildman–Crippen LogP) is 0.926. The number of hydrogen-bond acceptors (Lipinski definition) is 4. The standard InChI is InChI=1S/C12H14N4O3S/c1-7-5-9(12(13)17)3-4-10(7)16-20(18,19)11-6-14-8(2)15-11/h3-6,16H,1-2H3,(H2,13,17)(H,14,15). The number of anilines is 1. The van der Waals surface area contributed by atoms with E-state index in [-0.39, 0.29) is 5.03 Å². The van der Waals surface area contributed by atoms with Crippen molar-refractivity contribution in [2.45, 2.75) is 18.9 Å². The molecule has 1 aromatic heterocycles. The van der Waals surface area contributed by atoms with Gasteiger partial charge >= 0.3 is 0 Å². The van der Waals surface area contributed by atoms with E-state index in [2.05, 4.69) is 14.7 Å². The molecular formula is C12H14N4O3S. The SMILES string of the molecule is Cc1ncc(S(=O)(=O)Nc2ccc(C(N)=O)cc2C)[nH]1. The smallest absolute Gasteiger partial charge is 0.278 e. The van der Waals surface area contributed by atoms with Crippen molar-refractivity contribution >= 4 is 21.6 Å². The molecule has 7 nitrogen and oxygen atoms in total. The van der Waals surface area contributed by atoms with Gasteiger partial charge in [0.15, 0.2) is 5.03 Å².